The first-order valence-electron chi connectivity index (χ1n) is 10.2. The lowest BCUT2D eigenvalue weighted by Gasteiger charge is -2.25. The molecule has 0 saturated carbocycles. The lowest BCUT2D eigenvalue weighted by molar-refractivity contribution is -0.126. The Morgan fingerprint density at radius 3 is 2.52 bits per heavy atom. The molecular weight excluding hydrogens is 416 g/mol. The van der Waals surface area contributed by atoms with Crippen molar-refractivity contribution >= 4 is 34.5 Å². The number of carbonyl (C=O) groups is 2. The lowest BCUT2D eigenvalue weighted by Crippen LogP contribution is -2.46. The quantitative estimate of drug-likeness (QED) is 0.424. The summed E-state index contributed by atoms with van der Waals surface area (Å²) in [6, 6.07) is 13.0. The number of fused-ring (bicyclic) bond motifs is 1. The molecule has 164 valence electrons. The monoisotopic (exact) mass is 442 g/mol. The van der Waals surface area contributed by atoms with Gasteiger partial charge in [0.2, 0.25) is 5.91 Å². The van der Waals surface area contributed by atoms with E-state index in [-0.39, 0.29) is 18.4 Å². The molecule has 3 rings (SSSR count). The number of hydrogen-bond donors (Lipinski definition) is 1. The van der Waals surface area contributed by atoms with E-state index in [1.807, 2.05) is 60.7 Å². The molecule has 1 aromatic heterocycles. The van der Waals surface area contributed by atoms with Crippen LogP contribution in [0.1, 0.15) is 42.5 Å². The summed E-state index contributed by atoms with van der Waals surface area (Å²) < 4.78 is 6.81. The zero-order valence-corrected chi connectivity index (χ0v) is 18.9. The fourth-order valence-electron chi connectivity index (χ4n) is 3.42. The summed E-state index contributed by atoms with van der Waals surface area (Å²) in [5, 5.41) is 2.54. The molecule has 0 unspecified atom stereocenters. The van der Waals surface area contributed by atoms with Crippen molar-refractivity contribution in [1.29, 1.82) is 0 Å². The lowest BCUT2D eigenvalue weighted by atomic mass is 10.2. The Morgan fingerprint density at radius 2 is 1.90 bits per heavy atom. The van der Waals surface area contributed by atoms with Gasteiger partial charge in [0.05, 0.1) is 30.1 Å². The van der Waals surface area contributed by atoms with E-state index >= 15 is 0 Å². The molecule has 8 heteroatoms. The summed E-state index contributed by atoms with van der Waals surface area (Å²) in [4.78, 5) is 29.3. The van der Waals surface area contributed by atoms with Crippen LogP contribution >= 0.6 is 11.6 Å². The van der Waals surface area contributed by atoms with E-state index in [1.54, 1.807) is 12.1 Å². The Hall–Kier alpha value is -2.90. The molecule has 0 aliphatic heterocycles. The highest BCUT2D eigenvalue weighted by molar-refractivity contribution is 6.30. The number of aromatic nitrogens is 2. The number of rotatable bonds is 8. The van der Waals surface area contributed by atoms with Crippen LogP contribution in [0, 0.1) is 0 Å². The Kier molecular flexibility index (Phi) is 7.30. The van der Waals surface area contributed by atoms with E-state index in [9.17, 15) is 9.59 Å². The molecule has 1 N–H and O–H groups in total. The second-order valence-electron chi connectivity index (χ2n) is 7.53. The van der Waals surface area contributed by atoms with Crippen LogP contribution in [0.3, 0.4) is 0 Å². The number of carbonyl (C=O) groups excluding carboxylic acids is 2. The zero-order chi connectivity index (χ0) is 22.5. The molecule has 0 aliphatic carbocycles. The third-order valence-electron chi connectivity index (χ3n) is 5.05. The van der Waals surface area contributed by atoms with Crippen molar-refractivity contribution in [2.45, 2.75) is 39.8 Å². The first kappa shape index (κ1) is 22.8. The van der Waals surface area contributed by atoms with E-state index in [0.29, 0.717) is 35.0 Å². The summed E-state index contributed by atoms with van der Waals surface area (Å²) >= 11 is 6.02. The molecule has 0 atom stereocenters. The van der Waals surface area contributed by atoms with Gasteiger partial charge in [-0.05, 0) is 49.7 Å². The Labute approximate surface area is 186 Å². The number of esters is 1. The molecule has 3 aromatic rings. The van der Waals surface area contributed by atoms with Gasteiger partial charge in [-0.15, -0.1) is 0 Å². The molecule has 0 bridgehead atoms. The van der Waals surface area contributed by atoms with Gasteiger partial charge >= 0.3 is 5.97 Å². The number of amides is 1. The number of benzene rings is 2. The predicted octanol–water partition coefficient (Wildman–Crippen LogP) is 3.83. The topological polar surface area (TPSA) is 76.5 Å². The largest absolute Gasteiger partial charge is 0.465 e. The van der Waals surface area contributed by atoms with E-state index in [4.69, 9.17) is 16.3 Å². The van der Waals surface area contributed by atoms with Crippen LogP contribution < -0.4 is 5.43 Å². The van der Waals surface area contributed by atoms with Crippen LogP contribution in [-0.4, -0.2) is 46.1 Å². The van der Waals surface area contributed by atoms with E-state index in [1.165, 1.54) is 7.11 Å². The number of hydrazine groups is 1. The Bertz CT molecular complexity index is 1080. The first-order valence-corrected chi connectivity index (χ1v) is 10.6. The first-order chi connectivity index (χ1) is 14.8. The Balaban J connectivity index is 1.97. The average Bonchev–Trinajstić information content (AvgIpc) is 3.08. The average molecular weight is 443 g/mol. The second-order valence-corrected chi connectivity index (χ2v) is 7.96. The fourth-order valence-corrected chi connectivity index (χ4v) is 3.55. The van der Waals surface area contributed by atoms with Gasteiger partial charge in [-0.25, -0.2) is 14.8 Å². The molecule has 7 nitrogen and oxygen atoms in total. The summed E-state index contributed by atoms with van der Waals surface area (Å²) in [5.41, 5.74) is 5.86. The molecule has 0 radical (unpaired) electrons. The molecule has 1 heterocycles. The number of halogens is 1. The molecule has 0 spiro atoms. The second kappa shape index (κ2) is 9.94. The fraction of sp³-hybridized carbons (Fsp3) is 0.348. The van der Waals surface area contributed by atoms with Crippen molar-refractivity contribution in [3.63, 3.8) is 0 Å². The maximum Gasteiger partial charge on any atom is 0.337 e. The minimum Gasteiger partial charge on any atom is -0.465 e. The van der Waals surface area contributed by atoms with Crippen LogP contribution in [0.2, 0.25) is 5.02 Å². The van der Waals surface area contributed by atoms with E-state index in [0.717, 1.165) is 11.1 Å². The van der Waals surface area contributed by atoms with Gasteiger partial charge in [-0.2, -0.15) is 0 Å². The number of hydrogen-bond acceptors (Lipinski definition) is 5. The summed E-state index contributed by atoms with van der Waals surface area (Å²) in [5.74, 6) is 0.0460. The number of imidazole rings is 1. The van der Waals surface area contributed by atoms with Crippen LogP contribution in [-0.2, 0) is 22.5 Å². The van der Waals surface area contributed by atoms with Gasteiger partial charge in [0.1, 0.15) is 5.82 Å². The van der Waals surface area contributed by atoms with Gasteiger partial charge in [0, 0.05) is 24.2 Å². The number of nitrogens with zero attached hydrogens (tertiary/aromatic N) is 3. The van der Waals surface area contributed by atoms with Crippen molar-refractivity contribution < 1.29 is 14.3 Å². The zero-order valence-electron chi connectivity index (χ0n) is 18.2. The molecule has 0 saturated heterocycles. The van der Waals surface area contributed by atoms with Crippen molar-refractivity contribution in [2.24, 2.45) is 0 Å². The van der Waals surface area contributed by atoms with Crippen LogP contribution in [0.5, 0.6) is 0 Å². The number of nitrogens with one attached hydrogen (secondary N) is 1. The summed E-state index contributed by atoms with van der Waals surface area (Å²) in [7, 11) is 1.34. The van der Waals surface area contributed by atoms with Crippen LogP contribution in [0.4, 0.5) is 0 Å². The van der Waals surface area contributed by atoms with Crippen LogP contribution in [0.15, 0.2) is 42.5 Å². The highest BCUT2D eigenvalue weighted by atomic mass is 35.5. The van der Waals surface area contributed by atoms with Crippen molar-refractivity contribution in [3.05, 3.63) is 64.4 Å². The van der Waals surface area contributed by atoms with Crippen molar-refractivity contribution in [3.8, 4) is 0 Å². The number of methoxy groups -OCH3 is 1. The number of ether oxygens (including phenoxy) is 1. The molecule has 0 aliphatic rings. The van der Waals surface area contributed by atoms with Crippen molar-refractivity contribution in [2.75, 3.05) is 13.7 Å². The highest BCUT2D eigenvalue weighted by Gasteiger charge is 2.18. The van der Waals surface area contributed by atoms with Crippen LogP contribution in [0.25, 0.3) is 11.0 Å². The SMILES string of the molecule is CCN(NC(=O)Cc1nc2cc(C(=O)OC)ccc2n1Cc1ccc(Cl)cc1)C(C)C. The Morgan fingerprint density at radius 1 is 1.19 bits per heavy atom. The predicted molar refractivity (Wildman–Crippen MR) is 121 cm³/mol. The normalized spacial score (nSPS) is 11.3. The van der Waals surface area contributed by atoms with E-state index < -0.39 is 5.97 Å². The molecule has 1 amide bonds. The van der Waals surface area contributed by atoms with Gasteiger partial charge in [0.25, 0.3) is 0 Å². The molecule has 0 fully saturated rings. The third kappa shape index (κ3) is 5.42. The summed E-state index contributed by atoms with van der Waals surface area (Å²) in [6.45, 7) is 7.26. The third-order valence-corrected chi connectivity index (χ3v) is 5.31. The van der Waals surface area contributed by atoms with Crippen molar-refractivity contribution in [1.82, 2.24) is 20.0 Å². The van der Waals surface area contributed by atoms with E-state index in [2.05, 4.69) is 10.4 Å². The highest BCUT2D eigenvalue weighted by Crippen LogP contribution is 2.21. The minimum atomic E-state index is -0.427. The molecular formula is C23H27ClN4O3. The summed E-state index contributed by atoms with van der Waals surface area (Å²) in [6.07, 6.45) is 0.110. The smallest absolute Gasteiger partial charge is 0.337 e. The van der Waals surface area contributed by atoms with Gasteiger partial charge in [-0.3, -0.25) is 10.2 Å². The minimum absolute atomic E-state index is 0.110. The van der Waals surface area contributed by atoms with Gasteiger partial charge < -0.3 is 9.30 Å². The molecule has 31 heavy (non-hydrogen) atoms. The standard InChI is InChI=1S/C23H27ClN4O3/c1-5-28(15(2)3)26-22(29)13-21-25-19-12-17(23(30)31-4)8-11-20(19)27(21)14-16-6-9-18(24)10-7-16/h6-12,15H,5,13-14H2,1-4H3,(H,26,29). The van der Waals surface area contributed by atoms with Gasteiger partial charge in [-0.1, -0.05) is 30.7 Å². The maximum atomic E-state index is 12.7. The molecule has 2 aromatic carbocycles. The van der Waals surface area contributed by atoms with Gasteiger partial charge in [0.15, 0.2) is 0 Å². The maximum absolute atomic E-state index is 12.7.